The predicted molar refractivity (Wildman–Crippen MR) is 86.7 cm³/mol. The molecule has 0 radical (unpaired) electrons. The predicted octanol–water partition coefficient (Wildman–Crippen LogP) is 4.12. The summed E-state index contributed by atoms with van der Waals surface area (Å²) in [4.78, 5) is 12.3. The number of anilines is 1. The maximum Gasteiger partial charge on any atom is 0.253 e. The van der Waals surface area contributed by atoms with Crippen LogP contribution in [0.1, 0.15) is 55.8 Å². The number of nitrogens with two attached hydrogens (primary N) is 1. The van der Waals surface area contributed by atoms with Crippen molar-refractivity contribution >= 4 is 27.5 Å². The van der Waals surface area contributed by atoms with Crippen LogP contribution in [0.5, 0.6) is 0 Å². The fourth-order valence-electron chi connectivity index (χ4n) is 2.99. The van der Waals surface area contributed by atoms with Crippen LogP contribution in [0.4, 0.5) is 5.69 Å². The molecule has 4 heteroatoms. The lowest BCUT2D eigenvalue weighted by atomic mass is 9.83. The molecule has 0 aliphatic heterocycles. The van der Waals surface area contributed by atoms with Crippen LogP contribution in [-0.2, 0) is 0 Å². The van der Waals surface area contributed by atoms with E-state index in [0.717, 1.165) is 23.2 Å². The van der Waals surface area contributed by atoms with Crippen molar-refractivity contribution in [3.05, 3.63) is 28.2 Å². The van der Waals surface area contributed by atoms with E-state index in [9.17, 15) is 4.79 Å². The van der Waals surface area contributed by atoms with Crippen LogP contribution in [0.25, 0.3) is 0 Å². The third-order valence-corrected chi connectivity index (χ3v) is 4.63. The standard InChI is InChI=1S/C16H23BrN2O/c1-2-3-11-4-7-13(8-5-11)19-16(20)14-10-12(17)6-9-15(14)18/h6,9-11,13H,2-5,7-8,18H2,1H3,(H,19,20). The quantitative estimate of drug-likeness (QED) is 0.811. The summed E-state index contributed by atoms with van der Waals surface area (Å²) in [6.07, 6.45) is 7.21. The molecule has 1 saturated carbocycles. The molecule has 1 aliphatic rings. The molecule has 20 heavy (non-hydrogen) atoms. The van der Waals surface area contributed by atoms with Gasteiger partial charge >= 0.3 is 0 Å². The number of hydrogen-bond donors (Lipinski definition) is 2. The van der Waals surface area contributed by atoms with Gasteiger partial charge in [-0.15, -0.1) is 0 Å². The molecule has 1 fully saturated rings. The van der Waals surface area contributed by atoms with Crippen molar-refractivity contribution in [2.45, 2.75) is 51.5 Å². The van der Waals surface area contributed by atoms with Gasteiger partial charge in [-0.25, -0.2) is 0 Å². The van der Waals surface area contributed by atoms with Gasteiger partial charge in [0.1, 0.15) is 0 Å². The minimum atomic E-state index is -0.0530. The number of halogens is 1. The van der Waals surface area contributed by atoms with Crippen LogP contribution in [0.3, 0.4) is 0 Å². The molecule has 0 bridgehead atoms. The second kappa shape index (κ2) is 7.11. The SMILES string of the molecule is CCCC1CCC(NC(=O)c2cc(Br)ccc2N)CC1. The van der Waals surface area contributed by atoms with Gasteiger partial charge in [0.25, 0.3) is 5.91 Å². The maximum absolute atomic E-state index is 12.3. The molecule has 110 valence electrons. The normalized spacial score (nSPS) is 22.5. The van der Waals surface area contributed by atoms with Gasteiger partial charge in [0.15, 0.2) is 0 Å². The van der Waals surface area contributed by atoms with Gasteiger partial charge in [-0.1, -0.05) is 35.7 Å². The molecule has 0 aromatic heterocycles. The third-order valence-electron chi connectivity index (χ3n) is 4.14. The van der Waals surface area contributed by atoms with Gasteiger partial charge in [-0.3, -0.25) is 4.79 Å². The topological polar surface area (TPSA) is 55.1 Å². The number of carbonyl (C=O) groups excluding carboxylic acids is 1. The summed E-state index contributed by atoms with van der Waals surface area (Å²) in [6, 6.07) is 5.70. The van der Waals surface area contributed by atoms with Crippen molar-refractivity contribution < 1.29 is 4.79 Å². The Balaban J connectivity index is 1.91. The third kappa shape index (κ3) is 3.98. The zero-order valence-electron chi connectivity index (χ0n) is 12.0. The Morgan fingerprint density at radius 3 is 2.70 bits per heavy atom. The van der Waals surface area contributed by atoms with E-state index in [0.29, 0.717) is 17.3 Å². The van der Waals surface area contributed by atoms with Crippen molar-refractivity contribution in [2.24, 2.45) is 5.92 Å². The smallest absolute Gasteiger partial charge is 0.253 e. The Bertz CT molecular complexity index is 468. The first-order valence-electron chi connectivity index (χ1n) is 7.46. The van der Waals surface area contributed by atoms with E-state index in [2.05, 4.69) is 28.2 Å². The molecule has 3 N–H and O–H groups in total. The zero-order chi connectivity index (χ0) is 14.5. The first kappa shape index (κ1) is 15.4. The molecule has 0 saturated heterocycles. The maximum atomic E-state index is 12.3. The second-order valence-electron chi connectivity index (χ2n) is 5.71. The van der Waals surface area contributed by atoms with Crippen molar-refractivity contribution in [1.82, 2.24) is 5.32 Å². The Kier molecular flexibility index (Phi) is 5.46. The minimum absolute atomic E-state index is 0.0530. The lowest BCUT2D eigenvalue weighted by molar-refractivity contribution is 0.0922. The van der Waals surface area contributed by atoms with Gasteiger partial charge in [0.2, 0.25) is 0 Å². The number of benzene rings is 1. The van der Waals surface area contributed by atoms with E-state index in [1.165, 1.54) is 25.7 Å². The van der Waals surface area contributed by atoms with Crippen LogP contribution in [0.2, 0.25) is 0 Å². The highest BCUT2D eigenvalue weighted by atomic mass is 79.9. The van der Waals surface area contributed by atoms with Gasteiger partial charge in [0.05, 0.1) is 5.56 Å². The molecule has 0 spiro atoms. The summed E-state index contributed by atoms with van der Waals surface area (Å²) in [5.41, 5.74) is 6.97. The number of amides is 1. The van der Waals surface area contributed by atoms with Crippen LogP contribution in [0.15, 0.2) is 22.7 Å². The van der Waals surface area contributed by atoms with Crippen LogP contribution < -0.4 is 11.1 Å². The van der Waals surface area contributed by atoms with Gasteiger partial charge in [-0.05, 0) is 49.8 Å². The largest absolute Gasteiger partial charge is 0.398 e. The molecule has 1 aliphatic carbocycles. The van der Waals surface area contributed by atoms with Crippen molar-refractivity contribution in [3.8, 4) is 0 Å². The summed E-state index contributed by atoms with van der Waals surface area (Å²) in [6.45, 7) is 2.24. The molecule has 0 unspecified atom stereocenters. The minimum Gasteiger partial charge on any atom is -0.398 e. The van der Waals surface area contributed by atoms with Crippen molar-refractivity contribution in [2.75, 3.05) is 5.73 Å². The fourth-order valence-corrected chi connectivity index (χ4v) is 3.35. The number of carbonyl (C=O) groups is 1. The first-order chi connectivity index (χ1) is 9.60. The van der Waals surface area contributed by atoms with Crippen molar-refractivity contribution in [3.63, 3.8) is 0 Å². The second-order valence-corrected chi connectivity index (χ2v) is 6.63. The highest BCUT2D eigenvalue weighted by Crippen LogP contribution is 2.28. The van der Waals surface area contributed by atoms with Crippen molar-refractivity contribution in [1.29, 1.82) is 0 Å². The zero-order valence-corrected chi connectivity index (χ0v) is 13.6. The molecule has 1 aromatic rings. The Morgan fingerprint density at radius 1 is 1.35 bits per heavy atom. The molecular formula is C16H23BrN2O. The Morgan fingerprint density at radius 2 is 2.05 bits per heavy atom. The monoisotopic (exact) mass is 338 g/mol. The summed E-state index contributed by atoms with van der Waals surface area (Å²) >= 11 is 3.38. The summed E-state index contributed by atoms with van der Waals surface area (Å²) in [5, 5.41) is 3.13. The average Bonchev–Trinajstić information content (AvgIpc) is 2.44. The molecule has 0 atom stereocenters. The van der Waals surface area contributed by atoms with Crippen LogP contribution >= 0.6 is 15.9 Å². The summed E-state index contributed by atoms with van der Waals surface area (Å²) < 4.78 is 0.878. The van der Waals surface area contributed by atoms with E-state index in [4.69, 9.17) is 5.73 Å². The molecule has 2 rings (SSSR count). The van der Waals surface area contributed by atoms with E-state index < -0.39 is 0 Å². The van der Waals surface area contributed by atoms with Crippen LogP contribution in [0, 0.1) is 5.92 Å². The van der Waals surface area contributed by atoms with Gasteiger partial charge in [-0.2, -0.15) is 0 Å². The Labute approximate surface area is 129 Å². The summed E-state index contributed by atoms with van der Waals surface area (Å²) in [7, 11) is 0. The van der Waals surface area contributed by atoms with Gasteiger partial charge in [0, 0.05) is 16.2 Å². The number of hydrogen-bond acceptors (Lipinski definition) is 2. The van der Waals surface area contributed by atoms with Gasteiger partial charge < -0.3 is 11.1 Å². The molecule has 1 aromatic carbocycles. The number of nitrogens with one attached hydrogen (secondary N) is 1. The molecule has 0 heterocycles. The fraction of sp³-hybridized carbons (Fsp3) is 0.562. The van der Waals surface area contributed by atoms with E-state index in [1.807, 2.05) is 6.07 Å². The molecular weight excluding hydrogens is 316 g/mol. The average molecular weight is 339 g/mol. The highest BCUT2D eigenvalue weighted by Gasteiger charge is 2.22. The molecule has 1 amide bonds. The number of nitrogen functional groups attached to an aromatic ring is 1. The first-order valence-corrected chi connectivity index (χ1v) is 8.25. The summed E-state index contributed by atoms with van der Waals surface area (Å²) in [5.74, 6) is 0.798. The van der Waals surface area contributed by atoms with E-state index >= 15 is 0 Å². The Hall–Kier alpha value is -1.03. The van der Waals surface area contributed by atoms with E-state index in [-0.39, 0.29) is 5.91 Å². The lowest BCUT2D eigenvalue weighted by Gasteiger charge is -2.29. The lowest BCUT2D eigenvalue weighted by Crippen LogP contribution is -2.37. The van der Waals surface area contributed by atoms with Crippen LogP contribution in [-0.4, -0.2) is 11.9 Å². The molecule has 3 nitrogen and oxygen atoms in total. The van der Waals surface area contributed by atoms with E-state index in [1.54, 1.807) is 12.1 Å². The highest BCUT2D eigenvalue weighted by molar-refractivity contribution is 9.10. The number of rotatable bonds is 4.